The van der Waals surface area contributed by atoms with Crippen molar-refractivity contribution >= 4 is 87.5 Å². The first-order chi connectivity index (χ1) is 17.5. The first-order valence-electron chi connectivity index (χ1n) is 11.5. The second-order valence-electron chi connectivity index (χ2n) is 8.55. The zero-order valence-electron chi connectivity index (χ0n) is 20.9. The number of hydrogen-bond donors (Lipinski definition) is 2. The van der Waals surface area contributed by atoms with E-state index in [1.54, 1.807) is 12.1 Å². The number of hydrogen-bond acceptors (Lipinski definition) is 4. The lowest BCUT2D eigenvalue weighted by atomic mass is 10.1. The number of fused-ring (bicyclic) bond motifs is 1. The molecule has 0 aliphatic carbocycles. The molecule has 0 saturated heterocycles. The van der Waals surface area contributed by atoms with Gasteiger partial charge in [0.05, 0.1) is 33.3 Å². The van der Waals surface area contributed by atoms with Gasteiger partial charge in [-0.1, -0.05) is 12.1 Å². The number of halogens is 2. The van der Waals surface area contributed by atoms with Crippen molar-refractivity contribution in [1.29, 1.82) is 0 Å². The standard InChI is InChI=1S/C29H26N6O.2HI/c1-34-17-14-24(15-18-34)31-21-10-12-23(13-11-21)33-29(36)20-6-8-22(9-7-20)32-27-16-19-35(2)28-25(27)4-3-5-26(28)30;;/h3-19H,30H2,1-2H3,(H,33,36);2*1H. The second-order valence-corrected chi connectivity index (χ2v) is 8.55. The number of pyridine rings is 2. The first-order valence-corrected chi connectivity index (χ1v) is 11.5. The Bertz CT molecular complexity index is 1680. The van der Waals surface area contributed by atoms with Crippen LogP contribution in [-0.2, 0) is 14.1 Å². The van der Waals surface area contributed by atoms with Gasteiger partial charge in [-0.3, -0.25) is 4.79 Å². The summed E-state index contributed by atoms with van der Waals surface area (Å²) in [5.41, 5.74) is 10.6. The number of aryl methyl sites for hydroxylation is 2. The van der Waals surface area contributed by atoms with Crippen LogP contribution in [0, 0.1) is 0 Å². The highest BCUT2D eigenvalue weighted by atomic mass is 127. The predicted molar refractivity (Wildman–Crippen MR) is 175 cm³/mol. The molecular weight excluding hydrogens is 702 g/mol. The summed E-state index contributed by atoms with van der Waals surface area (Å²) in [4.78, 5) is 22.1. The summed E-state index contributed by atoms with van der Waals surface area (Å²) in [7, 11) is 3.92. The van der Waals surface area contributed by atoms with Gasteiger partial charge >= 0.3 is 0 Å². The van der Waals surface area contributed by atoms with Crippen molar-refractivity contribution < 1.29 is 4.79 Å². The molecule has 0 aliphatic heterocycles. The lowest BCUT2D eigenvalue weighted by Gasteiger charge is -2.08. The normalized spacial score (nSPS) is 10.8. The molecule has 0 aliphatic rings. The van der Waals surface area contributed by atoms with Crippen molar-refractivity contribution in [3.05, 3.63) is 120 Å². The van der Waals surface area contributed by atoms with E-state index in [4.69, 9.17) is 10.7 Å². The van der Waals surface area contributed by atoms with Gasteiger partial charge in [0.15, 0.2) is 0 Å². The summed E-state index contributed by atoms with van der Waals surface area (Å²) in [5, 5.41) is 5.60. The summed E-state index contributed by atoms with van der Waals surface area (Å²) in [6.07, 6.45) is 5.84. The topological polar surface area (TPSA) is 89.7 Å². The highest BCUT2D eigenvalue weighted by Gasteiger charge is 2.07. The van der Waals surface area contributed by atoms with Crippen molar-refractivity contribution in [2.75, 3.05) is 11.1 Å². The summed E-state index contributed by atoms with van der Waals surface area (Å²) in [6, 6.07) is 26.3. The van der Waals surface area contributed by atoms with E-state index >= 15 is 0 Å². The van der Waals surface area contributed by atoms with Crippen LogP contribution in [0.15, 0.2) is 114 Å². The molecule has 0 saturated carbocycles. The fraction of sp³-hybridized carbons (Fsp3) is 0.0690. The average Bonchev–Trinajstić information content (AvgIpc) is 2.89. The van der Waals surface area contributed by atoms with Crippen LogP contribution in [0.1, 0.15) is 10.4 Å². The van der Waals surface area contributed by atoms with Crippen molar-refractivity contribution in [2.45, 2.75) is 0 Å². The molecule has 3 N–H and O–H groups in total. The molecule has 0 fully saturated rings. The molecule has 7 nitrogen and oxygen atoms in total. The van der Waals surface area contributed by atoms with Gasteiger partial charge < -0.3 is 20.2 Å². The first kappa shape index (κ1) is 29.1. The fourth-order valence-electron chi connectivity index (χ4n) is 3.97. The van der Waals surface area contributed by atoms with E-state index in [0.717, 1.165) is 33.0 Å². The minimum Gasteiger partial charge on any atom is -0.397 e. The minimum absolute atomic E-state index is 0. The van der Waals surface area contributed by atoms with Crippen LogP contribution in [0.2, 0.25) is 0 Å². The van der Waals surface area contributed by atoms with E-state index in [0.29, 0.717) is 16.9 Å². The van der Waals surface area contributed by atoms with Crippen LogP contribution in [0.4, 0.5) is 22.7 Å². The van der Waals surface area contributed by atoms with Crippen molar-refractivity contribution in [2.24, 2.45) is 24.1 Å². The zero-order chi connectivity index (χ0) is 25.1. The fourth-order valence-corrected chi connectivity index (χ4v) is 3.97. The number of nitrogens with one attached hydrogen (secondary N) is 1. The largest absolute Gasteiger partial charge is 0.397 e. The van der Waals surface area contributed by atoms with Crippen LogP contribution in [0.25, 0.3) is 10.9 Å². The molecule has 2 heterocycles. The molecule has 1 amide bonds. The highest BCUT2D eigenvalue weighted by molar-refractivity contribution is 14.0. The number of carbonyl (C=O) groups excluding carboxylic acids is 1. The van der Waals surface area contributed by atoms with Gasteiger partial charge in [-0.2, -0.15) is 0 Å². The Hall–Kier alpha value is -3.45. The van der Waals surface area contributed by atoms with E-state index in [2.05, 4.69) is 10.3 Å². The van der Waals surface area contributed by atoms with E-state index in [-0.39, 0.29) is 53.9 Å². The molecule has 2 aromatic heterocycles. The zero-order valence-corrected chi connectivity index (χ0v) is 25.6. The minimum atomic E-state index is -0.188. The van der Waals surface area contributed by atoms with Gasteiger partial charge in [-0.15, -0.1) is 48.0 Å². The molecular formula is C29H28I2N6O. The molecule has 38 heavy (non-hydrogen) atoms. The third kappa shape index (κ3) is 6.70. The van der Waals surface area contributed by atoms with E-state index < -0.39 is 0 Å². The number of amides is 1. The van der Waals surface area contributed by atoms with E-state index in [9.17, 15) is 4.79 Å². The number of benzene rings is 3. The summed E-state index contributed by atoms with van der Waals surface area (Å²) >= 11 is 0. The molecule has 194 valence electrons. The quantitative estimate of drug-likeness (QED) is 0.174. The number of nitrogens with zero attached hydrogens (tertiary/aromatic N) is 4. The number of nitrogen functional groups attached to an aromatic ring is 1. The Kier molecular flexibility index (Phi) is 9.86. The Labute approximate surface area is 254 Å². The molecule has 0 bridgehead atoms. The highest BCUT2D eigenvalue weighted by Crippen LogP contribution is 2.20. The van der Waals surface area contributed by atoms with Gasteiger partial charge in [0.2, 0.25) is 0 Å². The number of para-hydroxylation sites is 1. The Morgan fingerprint density at radius 1 is 0.763 bits per heavy atom. The summed E-state index contributed by atoms with van der Waals surface area (Å²) < 4.78 is 3.94. The molecule has 5 rings (SSSR count). The van der Waals surface area contributed by atoms with Crippen LogP contribution >= 0.6 is 48.0 Å². The van der Waals surface area contributed by atoms with Gasteiger partial charge in [-0.25, -0.2) is 9.98 Å². The maximum absolute atomic E-state index is 12.8. The van der Waals surface area contributed by atoms with Gasteiger partial charge in [0.25, 0.3) is 5.91 Å². The van der Waals surface area contributed by atoms with Crippen molar-refractivity contribution in [3.8, 4) is 0 Å². The second kappa shape index (κ2) is 12.9. The van der Waals surface area contributed by atoms with Crippen molar-refractivity contribution in [1.82, 2.24) is 9.13 Å². The molecule has 0 unspecified atom stereocenters. The van der Waals surface area contributed by atoms with Crippen LogP contribution in [-0.4, -0.2) is 15.0 Å². The molecule has 0 atom stereocenters. The number of rotatable bonds is 4. The van der Waals surface area contributed by atoms with Crippen LogP contribution in [0.5, 0.6) is 0 Å². The predicted octanol–water partition coefficient (Wildman–Crippen LogP) is 6.05. The molecule has 5 aromatic rings. The maximum atomic E-state index is 12.8. The third-order valence-electron chi connectivity index (χ3n) is 5.88. The number of nitrogens with two attached hydrogens (primary N) is 1. The SMILES string of the molecule is Cn1ccc(=Nc2ccc(NC(=O)c3ccc(N=c4ccn(C)c5c(N)cccc45)cc3)cc2)cc1.I.I. The maximum Gasteiger partial charge on any atom is 0.255 e. The van der Waals surface area contributed by atoms with Crippen LogP contribution in [0.3, 0.4) is 0 Å². The van der Waals surface area contributed by atoms with Crippen molar-refractivity contribution in [3.63, 3.8) is 0 Å². The molecule has 0 spiro atoms. The lowest BCUT2D eigenvalue weighted by Crippen LogP contribution is -2.11. The van der Waals surface area contributed by atoms with E-state index in [1.807, 2.05) is 115 Å². The Balaban J connectivity index is 0.00000200. The third-order valence-corrected chi connectivity index (χ3v) is 5.88. The Morgan fingerprint density at radius 2 is 1.39 bits per heavy atom. The number of anilines is 2. The summed E-state index contributed by atoms with van der Waals surface area (Å²) in [6.45, 7) is 0. The molecule has 9 heteroatoms. The smallest absolute Gasteiger partial charge is 0.255 e. The van der Waals surface area contributed by atoms with Gasteiger partial charge in [-0.05, 0) is 72.8 Å². The summed E-state index contributed by atoms with van der Waals surface area (Å²) in [5.74, 6) is -0.188. The number of carbonyl (C=O) groups is 1. The molecule has 3 aromatic carbocycles. The monoisotopic (exact) mass is 730 g/mol. The average molecular weight is 730 g/mol. The van der Waals surface area contributed by atoms with E-state index in [1.165, 1.54) is 0 Å². The van der Waals surface area contributed by atoms with Gasteiger partial charge in [0.1, 0.15) is 0 Å². The van der Waals surface area contributed by atoms with Gasteiger partial charge in [0, 0.05) is 49.3 Å². The molecule has 0 radical (unpaired) electrons. The lowest BCUT2D eigenvalue weighted by molar-refractivity contribution is 0.102. The number of aromatic nitrogens is 2. The van der Waals surface area contributed by atoms with Crippen LogP contribution < -0.4 is 21.8 Å². The Morgan fingerprint density at radius 3 is 2.08 bits per heavy atom.